The molecule has 2 unspecified atom stereocenters. The quantitative estimate of drug-likeness (QED) is 0.578. The van der Waals surface area contributed by atoms with Crippen molar-refractivity contribution in [3.8, 4) is 6.07 Å². The molecule has 1 amide bonds. The highest BCUT2D eigenvalue weighted by atomic mass is 32.2. The lowest BCUT2D eigenvalue weighted by atomic mass is 10.2. The molecule has 0 spiro atoms. The Labute approximate surface area is 82.2 Å². The van der Waals surface area contributed by atoms with Crippen LogP contribution in [0, 0.1) is 11.3 Å². The second-order valence-electron chi connectivity index (χ2n) is 3.72. The minimum Gasteiger partial charge on any atom is -0.336 e. The van der Waals surface area contributed by atoms with Crippen LogP contribution >= 0.6 is 0 Å². The number of nitrogens with zero attached hydrogens (tertiary/aromatic N) is 2. The monoisotopic (exact) mass is 214 g/mol. The van der Waals surface area contributed by atoms with Crippen molar-refractivity contribution in [1.82, 2.24) is 4.90 Å². The first-order chi connectivity index (χ1) is 6.54. The highest BCUT2D eigenvalue weighted by molar-refractivity contribution is 7.92. The van der Waals surface area contributed by atoms with E-state index in [2.05, 4.69) is 0 Å². The molecule has 2 rings (SSSR count). The summed E-state index contributed by atoms with van der Waals surface area (Å²) < 4.78 is 22.7. The van der Waals surface area contributed by atoms with Crippen molar-refractivity contribution in [2.24, 2.45) is 0 Å². The van der Waals surface area contributed by atoms with Gasteiger partial charge in [0, 0.05) is 12.6 Å². The van der Waals surface area contributed by atoms with Gasteiger partial charge in [0.2, 0.25) is 5.91 Å². The molecule has 0 aliphatic carbocycles. The van der Waals surface area contributed by atoms with Crippen LogP contribution in [0.25, 0.3) is 0 Å². The molecule has 6 heteroatoms. The van der Waals surface area contributed by atoms with Crippen molar-refractivity contribution in [1.29, 1.82) is 5.26 Å². The van der Waals surface area contributed by atoms with Gasteiger partial charge < -0.3 is 4.90 Å². The van der Waals surface area contributed by atoms with E-state index in [0.717, 1.165) is 0 Å². The Bertz CT molecular complexity index is 409. The van der Waals surface area contributed by atoms with E-state index in [1.54, 1.807) is 6.07 Å². The standard InChI is InChI=1S/C8H10N2O3S/c9-2-1-8(11)10-4-7-3-6(10)5-14(7,12)13/h6-7H,1,3-5H2. The normalized spacial score (nSPS) is 32.9. The van der Waals surface area contributed by atoms with Crippen LogP contribution in [0.2, 0.25) is 0 Å². The molecule has 2 saturated heterocycles. The van der Waals surface area contributed by atoms with Crippen molar-refractivity contribution >= 4 is 15.7 Å². The smallest absolute Gasteiger partial charge is 0.237 e. The number of nitriles is 1. The first-order valence-electron chi connectivity index (χ1n) is 4.42. The van der Waals surface area contributed by atoms with Gasteiger partial charge in [-0.15, -0.1) is 0 Å². The van der Waals surface area contributed by atoms with Gasteiger partial charge in [0.05, 0.1) is 17.1 Å². The first-order valence-corrected chi connectivity index (χ1v) is 6.14. The zero-order valence-electron chi connectivity index (χ0n) is 7.51. The Morgan fingerprint density at radius 2 is 2.29 bits per heavy atom. The highest BCUT2D eigenvalue weighted by Crippen LogP contribution is 2.33. The van der Waals surface area contributed by atoms with Gasteiger partial charge in [-0.25, -0.2) is 8.42 Å². The summed E-state index contributed by atoms with van der Waals surface area (Å²) in [6.07, 6.45) is 0.406. The van der Waals surface area contributed by atoms with Crippen molar-refractivity contribution in [2.45, 2.75) is 24.1 Å². The molecule has 2 aliphatic rings. The molecule has 2 bridgehead atoms. The lowest BCUT2D eigenvalue weighted by Crippen LogP contribution is -2.43. The highest BCUT2D eigenvalue weighted by Gasteiger charge is 2.49. The average Bonchev–Trinajstić information content (AvgIpc) is 2.59. The number of carbonyl (C=O) groups is 1. The summed E-state index contributed by atoms with van der Waals surface area (Å²) in [5.41, 5.74) is 0. The fourth-order valence-electron chi connectivity index (χ4n) is 2.17. The minimum absolute atomic E-state index is 0.0782. The Balaban J connectivity index is 2.11. The van der Waals surface area contributed by atoms with Crippen LogP contribution in [-0.4, -0.2) is 42.8 Å². The molecule has 5 nitrogen and oxygen atoms in total. The zero-order chi connectivity index (χ0) is 10.3. The molecular weight excluding hydrogens is 204 g/mol. The van der Waals surface area contributed by atoms with Crippen LogP contribution in [0.1, 0.15) is 12.8 Å². The maximum absolute atomic E-state index is 11.4. The molecule has 0 radical (unpaired) electrons. The van der Waals surface area contributed by atoms with Gasteiger partial charge in [0.25, 0.3) is 0 Å². The van der Waals surface area contributed by atoms with Crippen LogP contribution in [0.5, 0.6) is 0 Å². The third-order valence-corrected chi connectivity index (χ3v) is 5.07. The van der Waals surface area contributed by atoms with Crippen molar-refractivity contribution in [3.05, 3.63) is 0 Å². The summed E-state index contributed by atoms with van der Waals surface area (Å²) in [7, 11) is -2.95. The van der Waals surface area contributed by atoms with Gasteiger partial charge in [-0.2, -0.15) is 5.26 Å². The largest absolute Gasteiger partial charge is 0.336 e. The van der Waals surface area contributed by atoms with E-state index in [1.807, 2.05) is 0 Å². The molecule has 0 aromatic carbocycles. The van der Waals surface area contributed by atoms with Crippen LogP contribution in [0.3, 0.4) is 0 Å². The number of hydrogen-bond acceptors (Lipinski definition) is 4. The number of likely N-dealkylation sites (tertiary alicyclic amines) is 1. The van der Waals surface area contributed by atoms with Crippen LogP contribution in [0.4, 0.5) is 0 Å². The molecule has 2 heterocycles. The van der Waals surface area contributed by atoms with E-state index >= 15 is 0 Å². The second kappa shape index (κ2) is 2.95. The SMILES string of the molecule is N#CCC(=O)N1CC2CC1CS2(=O)=O. The predicted molar refractivity (Wildman–Crippen MR) is 47.9 cm³/mol. The lowest BCUT2D eigenvalue weighted by molar-refractivity contribution is -0.130. The van der Waals surface area contributed by atoms with Gasteiger partial charge in [-0.3, -0.25) is 4.79 Å². The summed E-state index contributed by atoms with van der Waals surface area (Å²) in [6.45, 7) is 0.285. The average molecular weight is 214 g/mol. The number of carbonyl (C=O) groups excluding carboxylic acids is 1. The molecule has 76 valence electrons. The number of amides is 1. The van der Waals surface area contributed by atoms with Crippen LogP contribution in [-0.2, 0) is 14.6 Å². The van der Waals surface area contributed by atoms with E-state index in [1.165, 1.54) is 4.90 Å². The third-order valence-electron chi connectivity index (χ3n) is 2.86. The van der Waals surface area contributed by atoms with Gasteiger partial charge in [0.15, 0.2) is 9.84 Å². The maximum Gasteiger partial charge on any atom is 0.237 e. The summed E-state index contributed by atoms with van der Waals surface area (Å²) in [6, 6.07) is 1.61. The molecule has 0 N–H and O–H groups in total. The summed E-state index contributed by atoms with van der Waals surface area (Å²) >= 11 is 0. The van der Waals surface area contributed by atoms with Crippen LogP contribution < -0.4 is 0 Å². The number of hydrogen-bond donors (Lipinski definition) is 0. The van der Waals surface area contributed by atoms with Gasteiger partial charge in [-0.05, 0) is 6.42 Å². The summed E-state index contributed by atoms with van der Waals surface area (Å²) in [4.78, 5) is 12.9. The topological polar surface area (TPSA) is 78.2 Å². The molecule has 14 heavy (non-hydrogen) atoms. The van der Waals surface area contributed by atoms with Crippen molar-refractivity contribution in [3.63, 3.8) is 0 Å². The molecule has 0 aromatic heterocycles. The third kappa shape index (κ3) is 1.28. The summed E-state index contributed by atoms with van der Waals surface area (Å²) in [5.74, 6) is -0.163. The van der Waals surface area contributed by atoms with E-state index in [4.69, 9.17) is 5.26 Å². The molecule has 0 saturated carbocycles. The Hall–Kier alpha value is -1.09. The molecule has 2 atom stereocenters. The number of fused-ring (bicyclic) bond motifs is 2. The Morgan fingerprint density at radius 1 is 1.57 bits per heavy atom. The molecule has 2 fully saturated rings. The van der Waals surface area contributed by atoms with Crippen molar-refractivity contribution < 1.29 is 13.2 Å². The number of sulfone groups is 1. The van der Waals surface area contributed by atoms with E-state index < -0.39 is 9.84 Å². The zero-order valence-corrected chi connectivity index (χ0v) is 8.33. The Kier molecular flexibility index (Phi) is 2.00. The second-order valence-corrected chi connectivity index (χ2v) is 6.05. The van der Waals surface area contributed by atoms with Gasteiger partial charge in [-0.1, -0.05) is 0 Å². The minimum atomic E-state index is -2.95. The molecular formula is C8H10N2O3S. The first kappa shape index (κ1) is 9.46. The number of rotatable bonds is 1. The van der Waals surface area contributed by atoms with E-state index in [-0.39, 0.29) is 35.9 Å². The fourth-order valence-corrected chi connectivity index (χ4v) is 4.20. The van der Waals surface area contributed by atoms with Gasteiger partial charge >= 0.3 is 0 Å². The summed E-state index contributed by atoms with van der Waals surface area (Å²) in [5, 5.41) is 7.97. The van der Waals surface area contributed by atoms with E-state index in [9.17, 15) is 13.2 Å². The van der Waals surface area contributed by atoms with Gasteiger partial charge in [0.1, 0.15) is 6.42 Å². The van der Waals surface area contributed by atoms with Crippen LogP contribution in [0.15, 0.2) is 0 Å². The predicted octanol–water partition coefficient (Wildman–Crippen LogP) is -0.702. The fraction of sp³-hybridized carbons (Fsp3) is 0.750. The van der Waals surface area contributed by atoms with E-state index in [0.29, 0.717) is 6.42 Å². The molecule has 0 aromatic rings. The maximum atomic E-state index is 11.4. The lowest BCUT2D eigenvalue weighted by Gasteiger charge is -2.25. The Morgan fingerprint density at radius 3 is 2.71 bits per heavy atom. The molecule has 2 aliphatic heterocycles. The van der Waals surface area contributed by atoms with Crippen molar-refractivity contribution in [2.75, 3.05) is 12.3 Å².